The fourth-order valence-electron chi connectivity index (χ4n) is 1.62. The number of methoxy groups -OCH3 is 1. The minimum atomic E-state index is -0.288. The number of amides is 1. The van der Waals surface area contributed by atoms with Crippen molar-refractivity contribution < 1.29 is 14.1 Å². The lowest BCUT2D eigenvalue weighted by Gasteiger charge is -2.10. The predicted octanol–water partition coefficient (Wildman–Crippen LogP) is 1.50. The summed E-state index contributed by atoms with van der Waals surface area (Å²) in [5.74, 6) is 0.223. The highest BCUT2D eigenvalue weighted by atomic mass is 16.5. The van der Waals surface area contributed by atoms with Crippen LogP contribution in [0.3, 0.4) is 0 Å². The third kappa shape index (κ3) is 3.38. The lowest BCUT2D eigenvalue weighted by molar-refractivity contribution is 0.0896. The molecule has 0 aliphatic carbocycles. The lowest BCUT2D eigenvalue weighted by Crippen LogP contribution is -2.35. The quantitative estimate of drug-likeness (QED) is 0.882. The van der Waals surface area contributed by atoms with Crippen molar-refractivity contribution in [2.75, 3.05) is 13.7 Å². The summed E-state index contributed by atoms with van der Waals surface area (Å²) >= 11 is 0. The van der Waals surface area contributed by atoms with Gasteiger partial charge in [-0.25, -0.2) is 0 Å². The van der Waals surface area contributed by atoms with Crippen LogP contribution in [0.15, 0.2) is 35.1 Å². The Kier molecular flexibility index (Phi) is 4.25. The number of carbonyl (C=O) groups is 1. The maximum absolute atomic E-state index is 11.9. The highest BCUT2D eigenvalue weighted by Crippen LogP contribution is 2.18. The van der Waals surface area contributed by atoms with Crippen LogP contribution in [-0.2, 0) is 4.74 Å². The van der Waals surface area contributed by atoms with Gasteiger partial charge in [0.05, 0.1) is 6.61 Å². The molecule has 0 spiro atoms. The third-order valence-corrected chi connectivity index (χ3v) is 2.48. The number of carbonyl (C=O) groups excluding carboxylic acids is 1. The SMILES string of the molecule is COCC(C)NC(=O)c1cc(-c2cccnc2)on1. The van der Waals surface area contributed by atoms with Gasteiger partial charge < -0.3 is 14.6 Å². The first-order valence-electron chi connectivity index (χ1n) is 5.87. The Bertz CT molecular complexity index is 539. The Labute approximate surface area is 110 Å². The number of hydrogen-bond donors (Lipinski definition) is 1. The van der Waals surface area contributed by atoms with Gasteiger partial charge >= 0.3 is 0 Å². The summed E-state index contributed by atoms with van der Waals surface area (Å²) in [4.78, 5) is 15.9. The van der Waals surface area contributed by atoms with Crippen molar-refractivity contribution in [1.29, 1.82) is 0 Å². The number of ether oxygens (including phenoxy) is 1. The van der Waals surface area contributed by atoms with Crippen molar-refractivity contribution in [1.82, 2.24) is 15.5 Å². The molecule has 2 aromatic rings. The summed E-state index contributed by atoms with van der Waals surface area (Å²) in [6.45, 7) is 2.29. The van der Waals surface area contributed by atoms with Gasteiger partial charge in [0, 0.05) is 37.2 Å². The van der Waals surface area contributed by atoms with Gasteiger partial charge in [-0.05, 0) is 19.1 Å². The smallest absolute Gasteiger partial charge is 0.273 e. The summed E-state index contributed by atoms with van der Waals surface area (Å²) in [5.41, 5.74) is 1.01. The molecule has 19 heavy (non-hydrogen) atoms. The molecule has 2 rings (SSSR count). The second-order valence-electron chi connectivity index (χ2n) is 4.15. The van der Waals surface area contributed by atoms with Gasteiger partial charge in [-0.3, -0.25) is 9.78 Å². The molecule has 0 aliphatic heterocycles. The summed E-state index contributed by atoms with van der Waals surface area (Å²) in [6, 6.07) is 5.13. The fourth-order valence-corrected chi connectivity index (χ4v) is 1.62. The number of nitrogens with zero attached hydrogens (tertiary/aromatic N) is 2. The second-order valence-corrected chi connectivity index (χ2v) is 4.15. The molecule has 0 saturated heterocycles. The molecule has 1 N–H and O–H groups in total. The zero-order valence-electron chi connectivity index (χ0n) is 10.8. The first-order valence-corrected chi connectivity index (χ1v) is 5.87. The maximum atomic E-state index is 11.9. The number of aromatic nitrogens is 2. The third-order valence-electron chi connectivity index (χ3n) is 2.48. The molecule has 0 bridgehead atoms. The van der Waals surface area contributed by atoms with E-state index in [1.54, 1.807) is 31.6 Å². The zero-order valence-corrected chi connectivity index (χ0v) is 10.8. The molecule has 2 aromatic heterocycles. The molecule has 6 nitrogen and oxygen atoms in total. The summed E-state index contributed by atoms with van der Waals surface area (Å²) in [6.07, 6.45) is 3.32. The Hall–Kier alpha value is -2.21. The van der Waals surface area contributed by atoms with Crippen molar-refractivity contribution >= 4 is 5.91 Å². The van der Waals surface area contributed by atoms with Gasteiger partial charge in [0.25, 0.3) is 5.91 Å². The second kappa shape index (κ2) is 6.10. The molecule has 2 heterocycles. The molecule has 0 aromatic carbocycles. The molecule has 0 aliphatic rings. The first kappa shape index (κ1) is 13.2. The van der Waals surface area contributed by atoms with Gasteiger partial charge in [0.1, 0.15) is 0 Å². The Balaban J connectivity index is 2.07. The minimum Gasteiger partial charge on any atom is -0.383 e. The lowest BCUT2D eigenvalue weighted by atomic mass is 10.2. The highest BCUT2D eigenvalue weighted by molar-refractivity contribution is 5.93. The Morgan fingerprint density at radius 3 is 3.11 bits per heavy atom. The summed E-state index contributed by atoms with van der Waals surface area (Å²) in [7, 11) is 1.58. The van der Waals surface area contributed by atoms with E-state index in [-0.39, 0.29) is 17.6 Å². The van der Waals surface area contributed by atoms with Crippen LogP contribution in [0.25, 0.3) is 11.3 Å². The fraction of sp³-hybridized carbons (Fsp3) is 0.308. The Morgan fingerprint density at radius 2 is 2.42 bits per heavy atom. The molecule has 100 valence electrons. The zero-order chi connectivity index (χ0) is 13.7. The average molecular weight is 261 g/mol. The van der Waals surface area contributed by atoms with E-state index in [1.165, 1.54) is 0 Å². The number of hydrogen-bond acceptors (Lipinski definition) is 5. The van der Waals surface area contributed by atoms with Crippen LogP contribution in [0.4, 0.5) is 0 Å². The largest absolute Gasteiger partial charge is 0.383 e. The van der Waals surface area contributed by atoms with Crippen molar-refractivity contribution in [2.24, 2.45) is 0 Å². The molecular weight excluding hydrogens is 246 g/mol. The number of nitrogens with one attached hydrogen (secondary N) is 1. The Morgan fingerprint density at radius 1 is 1.58 bits per heavy atom. The molecule has 6 heteroatoms. The molecule has 1 unspecified atom stereocenters. The van der Waals surface area contributed by atoms with Crippen LogP contribution in [0, 0.1) is 0 Å². The molecule has 0 saturated carbocycles. The average Bonchev–Trinajstić information content (AvgIpc) is 2.89. The summed E-state index contributed by atoms with van der Waals surface area (Å²) < 4.78 is 10.1. The van der Waals surface area contributed by atoms with Gasteiger partial charge in [0.15, 0.2) is 11.5 Å². The van der Waals surface area contributed by atoms with Gasteiger partial charge in [-0.2, -0.15) is 0 Å². The minimum absolute atomic E-state index is 0.0870. The van der Waals surface area contributed by atoms with Crippen molar-refractivity contribution in [3.8, 4) is 11.3 Å². The monoisotopic (exact) mass is 261 g/mol. The van der Waals surface area contributed by atoms with Crippen molar-refractivity contribution in [3.63, 3.8) is 0 Å². The number of rotatable bonds is 5. The van der Waals surface area contributed by atoms with Crippen molar-refractivity contribution in [3.05, 3.63) is 36.3 Å². The van der Waals surface area contributed by atoms with Gasteiger partial charge in [-0.1, -0.05) is 5.16 Å². The van der Waals surface area contributed by atoms with E-state index in [1.807, 2.05) is 13.0 Å². The van der Waals surface area contributed by atoms with Gasteiger partial charge in [-0.15, -0.1) is 0 Å². The molecule has 0 radical (unpaired) electrons. The van der Waals surface area contributed by atoms with E-state index >= 15 is 0 Å². The van der Waals surface area contributed by atoms with Crippen LogP contribution in [0.5, 0.6) is 0 Å². The highest BCUT2D eigenvalue weighted by Gasteiger charge is 2.15. The van der Waals surface area contributed by atoms with Crippen molar-refractivity contribution in [2.45, 2.75) is 13.0 Å². The van der Waals surface area contributed by atoms with E-state index < -0.39 is 0 Å². The normalized spacial score (nSPS) is 12.1. The molecule has 1 amide bonds. The maximum Gasteiger partial charge on any atom is 0.273 e. The van der Waals surface area contributed by atoms with Gasteiger partial charge in [0.2, 0.25) is 0 Å². The van der Waals surface area contributed by atoms with Crippen LogP contribution in [-0.4, -0.2) is 35.8 Å². The van der Waals surface area contributed by atoms with Crippen LogP contribution in [0.2, 0.25) is 0 Å². The molecular formula is C13H15N3O3. The van der Waals surface area contributed by atoms with E-state index in [0.717, 1.165) is 5.56 Å². The first-order chi connectivity index (χ1) is 9.20. The van der Waals surface area contributed by atoms with E-state index in [9.17, 15) is 4.79 Å². The number of pyridine rings is 1. The predicted molar refractivity (Wildman–Crippen MR) is 68.5 cm³/mol. The van der Waals surface area contributed by atoms with Crippen LogP contribution >= 0.6 is 0 Å². The van der Waals surface area contributed by atoms with Crippen LogP contribution < -0.4 is 5.32 Å². The molecule has 0 fully saturated rings. The van der Waals surface area contributed by atoms with E-state index in [4.69, 9.17) is 9.26 Å². The van der Waals surface area contributed by atoms with E-state index in [0.29, 0.717) is 12.4 Å². The van der Waals surface area contributed by atoms with Crippen LogP contribution in [0.1, 0.15) is 17.4 Å². The standard InChI is InChI=1S/C13H15N3O3/c1-9(8-18-2)15-13(17)11-6-12(19-16-11)10-4-3-5-14-7-10/h3-7,9H,8H2,1-2H3,(H,15,17). The molecule has 1 atom stereocenters. The van der Waals surface area contributed by atoms with E-state index in [2.05, 4.69) is 15.5 Å². The summed E-state index contributed by atoms with van der Waals surface area (Å²) in [5, 5.41) is 6.51. The topological polar surface area (TPSA) is 77.2 Å².